The van der Waals surface area contributed by atoms with Crippen LogP contribution in [0.1, 0.15) is 47.5 Å². The van der Waals surface area contributed by atoms with Gasteiger partial charge in [-0.15, -0.1) is 0 Å². The molecule has 0 aliphatic rings. The molecule has 0 aromatic heterocycles. The van der Waals surface area contributed by atoms with Gasteiger partial charge in [-0.25, -0.2) is 4.79 Å². The smallest absolute Gasteiger partial charge is 0.327 e. The maximum Gasteiger partial charge on any atom is 0.327 e. The van der Waals surface area contributed by atoms with Gasteiger partial charge >= 0.3 is 5.97 Å². The average molecular weight is 812 g/mol. The van der Waals surface area contributed by atoms with E-state index < -0.39 is 121 Å². The molecule has 0 saturated heterocycles. The van der Waals surface area contributed by atoms with Crippen molar-refractivity contribution in [3.8, 4) is 0 Å². The van der Waals surface area contributed by atoms with Crippen molar-refractivity contribution in [2.45, 2.75) is 95.9 Å². The van der Waals surface area contributed by atoms with Crippen LogP contribution >= 0.6 is 37.9 Å². The second-order valence-corrected chi connectivity index (χ2v) is 13.5. The van der Waals surface area contributed by atoms with Gasteiger partial charge in [0.1, 0.15) is 36.3 Å². The van der Waals surface area contributed by atoms with Crippen molar-refractivity contribution in [3.63, 3.8) is 0 Å². The SMILES string of the molecule is CC[C@H](C)[C@H](N)C(=O)NCC(=O)N[C@@H](CS)C(=O)N[C@@H](CC(N)=O)C(=O)N[C@H](C(=O)N[C@@H](CS)C(=O)N[C@H](C(=O)N[C@@H](CS)C(=O)O)C(C)C)[C@@H](C)O. The molecule has 302 valence electrons. The Kier molecular flexibility index (Phi) is 22.7. The number of aliphatic hydroxyl groups excluding tert-OH is 1. The zero-order chi connectivity index (χ0) is 41.2. The van der Waals surface area contributed by atoms with Crippen molar-refractivity contribution in [1.82, 2.24) is 37.2 Å². The second-order valence-electron chi connectivity index (χ2n) is 12.4. The van der Waals surface area contributed by atoms with Crippen LogP contribution in [0.25, 0.3) is 0 Å². The molecule has 53 heavy (non-hydrogen) atoms. The van der Waals surface area contributed by atoms with E-state index in [1.54, 1.807) is 20.8 Å². The number of carbonyl (C=O) groups is 9. The zero-order valence-electron chi connectivity index (χ0n) is 30.1. The number of nitrogens with one attached hydrogen (secondary N) is 7. The van der Waals surface area contributed by atoms with E-state index >= 15 is 0 Å². The van der Waals surface area contributed by atoms with Gasteiger partial charge in [0.15, 0.2) is 0 Å². The van der Waals surface area contributed by atoms with Crippen LogP contribution in [0.5, 0.6) is 0 Å². The second kappa shape index (κ2) is 24.5. The number of aliphatic hydroxyl groups is 1. The van der Waals surface area contributed by atoms with Crippen LogP contribution in [0.4, 0.5) is 0 Å². The molecule has 0 aromatic carbocycles. The van der Waals surface area contributed by atoms with E-state index in [0.717, 1.165) is 6.92 Å². The quantitative estimate of drug-likeness (QED) is 0.0409. The third-order valence-corrected chi connectivity index (χ3v) is 8.87. The highest BCUT2D eigenvalue weighted by atomic mass is 32.1. The van der Waals surface area contributed by atoms with Gasteiger partial charge in [-0.1, -0.05) is 34.1 Å². The fourth-order valence-corrected chi connectivity index (χ4v) is 5.03. The molecule has 8 amide bonds. The maximum atomic E-state index is 13.3. The van der Waals surface area contributed by atoms with E-state index in [0.29, 0.717) is 6.42 Å². The Hall–Kier alpha value is -3.80. The van der Waals surface area contributed by atoms with Crippen LogP contribution in [0, 0.1) is 11.8 Å². The minimum Gasteiger partial charge on any atom is -0.480 e. The highest BCUT2D eigenvalue weighted by Crippen LogP contribution is 2.07. The number of hydrogen-bond donors (Lipinski definition) is 14. The monoisotopic (exact) mass is 811 g/mol. The van der Waals surface area contributed by atoms with Gasteiger partial charge in [-0.2, -0.15) is 37.9 Å². The summed E-state index contributed by atoms with van der Waals surface area (Å²) in [6, 6.07) is -9.75. The highest BCUT2D eigenvalue weighted by molar-refractivity contribution is 7.80. The molecular formula is C30H53N9O11S3. The van der Waals surface area contributed by atoms with Gasteiger partial charge < -0.3 is 58.9 Å². The van der Waals surface area contributed by atoms with Crippen molar-refractivity contribution in [2.75, 3.05) is 23.8 Å². The number of primary amides is 1. The number of nitrogens with two attached hydrogens (primary N) is 2. The summed E-state index contributed by atoms with van der Waals surface area (Å²) in [4.78, 5) is 113. The number of carboxylic acid groups (broad SMARTS) is 1. The molecule has 0 saturated carbocycles. The molecule has 0 unspecified atom stereocenters. The highest BCUT2D eigenvalue weighted by Gasteiger charge is 2.35. The fourth-order valence-electron chi connectivity index (χ4n) is 4.27. The molecule has 20 nitrogen and oxygen atoms in total. The Morgan fingerprint density at radius 3 is 1.51 bits per heavy atom. The number of rotatable bonds is 24. The minimum atomic E-state index is -1.77. The molecule has 0 aliphatic heterocycles. The van der Waals surface area contributed by atoms with Gasteiger partial charge in [0.2, 0.25) is 47.3 Å². The lowest BCUT2D eigenvalue weighted by molar-refractivity contribution is -0.142. The molecule has 9 atom stereocenters. The van der Waals surface area contributed by atoms with Gasteiger partial charge in [0, 0.05) is 17.3 Å². The Balaban J connectivity index is 5.76. The first-order valence-electron chi connectivity index (χ1n) is 16.5. The van der Waals surface area contributed by atoms with Gasteiger partial charge in [0.05, 0.1) is 25.1 Å². The first-order chi connectivity index (χ1) is 24.6. The Morgan fingerprint density at radius 1 is 0.623 bits per heavy atom. The molecule has 0 spiro atoms. The summed E-state index contributed by atoms with van der Waals surface area (Å²) in [6.45, 7) is 7.35. The average Bonchev–Trinajstić information content (AvgIpc) is 3.09. The predicted octanol–water partition coefficient (Wildman–Crippen LogP) is -4.83. The molecule has 0 bridgehead atoms. The molecule has 0 heterocycles. The lowest BCUT2D eigenvalue weighted by atomic mass is 9.99. The maximum absolute atomic E-state index is 13.3. The summed E-state index contributed by atoms with van der Waals surface area (Å²) in [6.07, 6.45) is -1.77. The van der Waals surface area contributed by atoms with Crippen LogP contribution < -0.4 is 48.7 Å². The standard InChI is InChI=1S/C30H53N9O11S3/c1-6-13(4)21(32)27(46)33-8-20(42)34-16(9-51)25(44)35-15(7-19(31)41)24(43)39-23(14(5)40)29(48)36-17(10-52)26(45)38-22(12(2)3)28(47)37-18(11-53)30(49)50/h12-18,21-23,40,51-53H,6-11,32H2,1-5H3,(H2,31,41)(H,33,46)(H,34,42)(H,35,44)(H,36,48)(H,37,47)(H,38,45)(H,39,43)(H,49,50)/t13-,14+,15-,16-,17-,18-,21-,22-,23-/m0/s1. The van der Waals surface area contributed by atoms with Crippen molar-refractivity contribution >= 4 is 91.1 Å². The van der Waals surface area contributed by atoms with E-state index in [1.807, 2.05) is 6.92 Å². The summed E-state index contributed by atoms with van der Waals surface area (Å²) in [5.74, 6) is -10.3. The van der Waals surface area contributed by atoms with E-state index in [1.165, 1.54) is 0 Å². The Bertz CT molecular complexity index is 1330. The fraction of sp³-hybridized carbons (Fsp3) is 0.700. The van der Waals surface area contributed by atoms with Crippen LogP contribution in [0.2, 0.25) is 0 Å². The number of amides is 8. The van der Waals surface area contributed by atoms with E-state index in [9.17, 15) is 53.4 Å². The van der Waals surface area contributed by atoms with Crippen LogP contribution in [0.3, 0.4) is 0 Å². The lowest BCUT2D eigenvalue weighted by Crippen LogP contribution is -2.62. The van der Waals surface area contributed by atoms with E-state index in [2.05, 4.69) is 75.1 Å². The number of carboxylic acids is 1. The summed E-state index contributed by atoms with van der Waals surface area (Å²) >= 11 is 12.0. The number of hydrogen-bond acceptors (Lipinski definition) is 14. The Morgan fingerprint density at radius 2 is 1.06 bits per heavy atom. The Labute approximate surface area is 323 Å². The molecule has 23 heteroatoms. The molecule has 0 aromatic rings. The minimum absolute atomic E-state index is 0.159. The molecule has 0 fully saturated rings. The predicted molar refractivity (Wildman–Crippen MR) is 202 cm³/mol. The van der Waals surface area contributed by atoms with E-state index in [4.69, 9.17) is 11.5 Å². The van der Waals surface area contributed by atoms with Crippen LogP contribution in [0.15, 0.2) is 0 Å². The first-order valence-corrected chi connectivity index (χ1v) is 18.4. The summed E-state index contributed by atoms with van der Waals surface area (Å²) in [5.41, 5.74) is 11.1. The van der Waals surface area contributed by atoms with Crippen molar-refractivity contribution in [1.29, 1.82) is 0 Å². The molecule has 0 rings (SSSR count). The van der Waals surface area contributed by atoms with Crippen LogP contribution in [-0.4, -0.2) is 136 Å². The number of aliphatic carboxylic acids is 1. The molecular weight excluding hydrogens is 759 g/mol. The number of carbonyl (C=O) groups excluding carboxylic acids is 8. The summed E-state index contributed by atoms with van der Waals surface area (Å²) in [5, 5.41) is 35.7. The summed E-state index contributed by atoms with van der Waals surface area (Å²) in [7, 11) is 0. The van der Waals surface area contributed by atoms with Crippen molar-refractivity contribution in [3.05, 3.63) is 0 Å². The zero-order valence-corrected chi connectivity index (χ0v) is 32.8. The van der Waals surface area contributed by atoms with Crippen LogP contribution in [-0.2, 0) is 43.2 Å². The summed E-state index contributed by atoms with van der Waals surface area (Å²) < 4.78 is 0. The molecule has 13 N–H and O–H groups in total. The van der Waals surface area contributed by atoms with Crippen molar-refractivity contribution < 1.29 is 53.4 Å². The topological polar surface area (TPSA) is 330 Å². The molecule has 0 aliphatic carbocycles. The first kappa shape index (κ1) is 49.2. The van der Waals surface area contributed by atoms with Crippen molar-refractivity contribution in [2.24, 2.45) is 23.3 Å². The lowest BCUT2D eigenvalue weighted by Gasteiger charge is -2.28. The largest absolute Gasteiger partial charge is 0.480 e. The van der Waals surface area contributed by atoms with Gasteiger partial charge in [-0.3, -0.25) is 38.4 Å². The normalized spacial score (nSPS) is 16.1. The van der Waals surface area contributed by atoms with Gasteiger partial charge in [0.25, 0.3) is 0 Å². The molecule has 0 radical (unpaired) electrons. The van der Waals surface area contributed by atoms with Gasteiger partial charge in [-0.05, 0) is 18.8 Å². The third kappa shape index (κ3) is 17.3. The third-order valence-electron chi connectivity index (χ3n) is 7.78. The van der Waals surface area contributed by atoms with E-state index in [-0.39, 0.29) is 23.2 Å². The number of thiol groups is 3.